The van der Waals surface area contributed by atoms with Crippen LogP contribution in [0.4, 0.5) is 0 Å². The molecule has 0 unspecified atom stereocenters. The van der Waals surface area contributed by atoms with E-state index in [-0.39, 0.29) is 0 Å². The molecule has 0 bridgehead atoms. The van der Waals surface area contributed by atoms with E-state index >= 15 is 0 Å². The van der Waals surface area contributed by atoms with Gasteiger partial charge in [0.05, 0.1) is 5.03 Å². The second-order valence-electron chi connectivity index (χ2n) is 2.42. The number of hydrogen-bond acceptors (Lipinski definition) is 1. The molecule has 0 radical (unpaired) electrons. The van der Waals surface area contributed by atoms with Gasteiger partial charge in [-0.3, -0.25) is 0 Å². The van der Waals surface area contributed by atoms with E-state index in [1.807, 2.05) is 30.3 Å². The van der Waals surface area contributed by atoms with Gasteiger partial charge in [-0.05, 0) is 12.1 Å². The summed E-state index contributed by atoms with van der Waals surface area (Å²) in [5.74, 6) is 0.914. The van der Waals surface area contributed by atoms with Crippen molar-refractivity contribution in [2.45, 2.75) is 0 Å². The van der Waals surface area contributed by atoms with Crippen molar-refractivity contribution >= 4 is 17.7 Å². The zero-order chi connectivity index (χ0) is 7.68. The van der Waals surface area contributed by atoms with Gasteiger partial charge in [-0.25, -0.2) is 0 Å². The molecule has 0 aromatic heterocycles. The van der Waals surface area contributed by atoms with Crippen molar-refractivity contribution in [3.8, 4) is 5.75 Å². The number of benzene rings is 1. The fourth-order valence-corrected chi connectivity index (χ4v) is 1.26. The molecule has 1 aliphatic heterocycles. The zero-order valence-electron chi connectivity index (χ0n) is 5.88. The summed E-state index contributed by atoms with van der Waals surface area (Å²) in [7, 11) is 0. The predicted octanol–water partition coefficient (Wildman–Crippen LogP) is 2.66. The molecule has 0 spiro atoms. The fraction of sp³-hybridized carbons (Fsp3) is 0.111. The van der Waals surface area contributed by atoms with Crippen LogP contribution in [0.1, 0.15) is 5.56 Å². The Morgan fingerprint density at radius 1 is 1.27 bits per heavy atom. The molecule has 1 heterocycles. The molecule has 0 amide bonds. The lowest BCUT2D eigenvalue weighted by Gasteiger charge is -2.13. The van der Waals surface area contributed by atoms with Crippen LogP contribution >= 0.6 is 11.6 Å². The standard InChI is InChI=1S/C9H7ClO/c10-8-5-7-3-1-2-4-9(7)11-6-8/h1-5H,6H2. The Bertz CT molecular complexity index is 304. The molecule has 1 nitrogen and oxygen atoms in total. The molecule has 2 heteroatoms. The Hall–Kier alpha value is -0.950. The molecule has 1 aromatic carbocycles. The van der Waals surface area contributed by atoms with Crippen LogP contribution in [0.3, 0.4) is 0 Å². The molecule has 0 aliphatic carbocycles. The minimum absolute atomic E-state index is 0.499. The van der Waals surface area contributed by atoms with Crippen LogP contribution in [0.15, 0.2) is 29.3 Å². The van der Waals surface area contributed by atoms with Crippen LogP contribution in [0.2, 0.25) is 0 Å². The van der Waals surface area contributed by atoms with E-state index in [0.717, 1.165) is 16.3 Å². The third-order valence-corrected chi connectivity index (χ3v) is 1.81. The van der Waals surface area contributed by atoms with E-state index in [1.165, 1.54) is 0 Å². The Kier molecular flexibility index (Phi) is 1.59. The van der Waals surface area contributed by atoms with E-state index in [4.69, 9.17) is 16.3 Å². The number of fused-ring (bicyclic) bond motifs is 1. The summed E-state index contributed by atoms with van der Waals surface area (Å²) in [6.45, 7) is 0.499. The minimum Gasteiger partial charge on any atom is -0.487 e. The van der Waals surface area contributed by atoms with Crippen LogP contribution in [0.5, 0.6) is 5.75 Å². The average Bonchev–Trinajstić information content (AvgIpc) is 2.04. The van der Waals surface area contributed by atoms with E-state index in [0.29, 0.717) is 6.61 Å². The third kappa shape index (κ3) is 1.24. The Labute approximate surface area is 70.2 Å². The third-order valence-electron chi connectivity index (χ3n) is 1.60. The first kappa shape index (κ1) is 6.74. The van der Waals surface area contributed by atoms with E-state index < -0.39 is 0 Å². The first-order chi connectivity index (χ1) is 5.36. The quantitative estimate of drug-likeness (QED) is 0.576. The predicted molar refractivity (Wildman–Crippen MR) is 45.8 cm³/mol. The largest absolute Gasteiger partial charge is 0.487 e. The lowest BCUT2D eigenvalue weighted by atomic mass is 10.1. The van der Waals surface area contributed by atoms with Gasteiger partial charge in [0.1, 0.15) is 12.4 Å². The van der Waals surface area contributed by atoms with Crippen molar-refractivity contribution in [2.24, 2.45) is 0 Å². The first-order valence-electron chi connectivity index (χ1n) is 3.44. The van der Waals surface area contributed by atoms with Gasteiger partial charge < -0.3 is 4.74 Å². The van der Waals surface area contributed by atoms with Crippen molar-refractivity contribution in [3.05, 3.63) is 34.9 Å². The van der Waals surface area contributed by atoms with Gasteiger partial charge in [0.2, 0.25) is 0 Å². The smallest absolute Gasteiger partial charge is 0.127 e. The average molecular weight is 167 g/mol. The van der Waals surface area contributed by atoms with Gasteiger partial charge in [-0.2, -0.15) is 0 Å². The van der Waals surface area contributed by atoms with Crippen molar-refractivity contribution < 1.29 is 4.74 Å². The van der Waals surface area contributed by atoms with E-state index in [1.54, 1.807) is 0 Å². The second-order valence-corrected chi connectivity index (χ2v) is 2.90. The van der Waals surface area contributed by atoms with Crippen molar-refractivity contribution in [1.82, 2.24) is 0 Å². The molecule has 1 aromatic rings. The molecule has 0 atom stereocenters. The molecule has 56 valence electrons. The second kappa shape index (κ2) is 2.59. The highest BCUT2D eigenvalue weighted by Crippen LogP contribution is 2.26. The maximum absolute atomic E-state index is 5.78. The molecule has 0 fully saturated rings. The topological polar surface area (TPSA) is 9.23 Å². The summed E-state index contributed by atoms with van der Waals surface area (Å²) >= 11 is 5.78. The Morgan fingerprint density at radius 3 is 3.00 bits per heavy atom. The molecule has 0 saturated heterocycles. The fourth-order valence-electron chi connectivity index (χ4n) is 1.09. The van der Waals surface area contributed by atoms with Crippen LogP contribution in [0.25, 0.3) is 6.08 Å². The zero-order valence-corrected chi connectivity index (χ0v) is 6.64. The molecule has 2 rings (SSSR count). The van der Waals surface area contributed by atoms with Gasteiger partial charge in [-0.1, -0.05) is 29.8 Å². The van der Waals surface area contributed by atoms with Gasteiger partial charge >= 0.3 is 0 Å². The van der Waals surface area contributed by atoms with Gasteiger partial charge in [0.25, 0.3) is 0 Å². The highest BCUT2D eigenvalue weighted by molar-refractivity contribution is 6.31. The number of ether oxygens (including phenoxy) is 1. The normalized spacial score (nSPS) is 14.8. The number of para-hydroxylation sites is 1. The highest BCUT2D eigenvalue weighted by Gasteiger charge is 2.07. The van der Waals surface area contributed by atoms with Crippen molar-refractivity contribution in [1.29, 1.82) is 0 Å². The first-order valence-corrected chi connectivity index (χ1v) is 3.82. The van der Waals surface area contributed by atoms with E-state index in [9.17, 15) is 0 Å². The molecule has 0 N–H and O–H groups in total. The molecule has 0 saturated carbocycles. The summed E-state index contributed by atoms with van der Waals surface area (Å²) in [4.78, 5) is 0. The summed E-state index contributed by atoms with van der Waals surface area (Å²) < 4.78 is 5.34. The van der Waals surface area contributed by atoms with Crippen LogP contribution in [-0.4, -0.2) is 6.61 Å². The van der Waals surface area contributed by atoms with Crippen LogP contribution in [0, 0.1) is 0 Å². The molecular weight excluding hydrogens is 160 g/mol. The van der Waals surface area contributed by atoms with Crippen LogP contribution < -0.4 is 4.74 Å². The Morgan fingerprint density at radius 2 is 2.09 bits per heavy atom. The lowest BCUT2D eigenvalue weighted by molar-refractivity contribution is 0.354. The molecule has 1 aliphatic rings. The number of hydrogen-bond donors (Lipinski definition) is 0. The maximum atomic E-state index is 5.78. The SMILES string of the molecule is ClC1=Cc2ccccc2OC1. The lowest BCUT2D eigenvalue weighted by Crippen LogP contribution is -2.02. The van der Waals surface area contributed by atoms with Gasteiger partial charge in [0.15, 0.2) is 0 Å². The maximum Gasteiger partial charge on any atom is 0.127 e. The van der Waals surface area contributed by atoms with Crippen LogP contribution in [-0.2, 0) is 0 Å². The number of halogens is 1. The van der Waals surface area contributed by atoms with Crippen molar-refractivity contribution in [3.63, 3.8) is 0 Å². The summed E-state index contributed by atoms with van der Waals surface area (Å²) in [5.41, 5.74) is 1.06. The number of rotatable bonds is 0. The summed E-state index contributed by atoms with van der Waals surface area (Å²) in [6, 6.07) is 7.84. The van der Waals surface area contributed by atoms with Gasteiger partial charge in [-0.15, -0.1) is 0 Å². The minimum atomic E-state index is 0.499. The van der Waals surface area contributed by atoms with Gasteiger partial charge in [0, 0.05) is 5.56 Å². The Balaban J connectivity index is 2.51. The van der Waals surface area contributed by atoms with Crippen molar-refractivity contribution in [2.75, 3.05) is 6.61 Å². The summed E-state index contributed by atoms with van der Waals surface area (Å²) in [5, 5.41) is 0.753. The molecular formula is C9H7ClO. The highest BCUT2D eigenvalue weighted by atomic mass is 35.5. The van der Waals surface area contributed by atoms with E-state index in [2.05, 4.69) is 0 Å². The molecule has 11 heavy (non-hydrogen) atoms. The monoisotopic (exact) mass is 166 g/mol. The summed E-state index contributed by atoms with van der Waals surface area (Å²) in [6.07, 6.45) is 1.93.